The van der Waals surface area contributed by atoms with Gasteiger partial charge in [-0.15, -0.1) is 11.3 Å². The Morgan fingerprint density at radius 2 is 2.13 bits per heavy atom. The number of alkyl carbamates (subject to hydrolysis) is 1. The lowest BCUT2D eigenvalue weighted by atomic mass is 9.78. The zero-order valence-electron chi connectivity index (χ0n) is 13.8. The third kappa shape index (κ3) is 5.49. The quantitative estimate of drug-likeness (QED) is 0.796. The summed E-state index contributed by atoms with van der Waals surface area (Å²) < 4.78 is 5.21. The molecule has 2 N–H and O–H groups in total. The fourth-order valence-electron chi connectivity index (χ4n) is 2.55. The number of carbonyl (C=O) groups excluding carboxylic acids is 1. The normalized spacial score (nSPS) is 17.3. The standard InChI is InChI=1S/C16H24N2O4S/c1-15(2,3)22-14(21)17-9-16(13(19)20,6-11-4-5-11)7-12-8-23-10-18-12/h8,10-11H,4-7,9H2,1-3H3,(H,17,21)(H,19,20). The fraction of sp³-hybridized carbons (Fsp3) is 0.688. The summed E-state index contributed by atoms with van der Waals surface area (Å²) in [6.07, 6.45) is 2.39. The molecular weight excluding hydrogens is 316 g/mol. The molecule has 1 fully saturated rings. The number of nitrogens with zero attached hydrogens (tertiary/aromatic N) is 1. The molecule has 128 valence electrons. The molecule has 0 aliphatic heterocycles. The number of carbonyl (C=O) groups is 2. The summed E-state index contributed by atoms with van der Waals surface area (Å²) in [7, 11) is 0. The van der Waals surface area contributed by atoms with E-state index in [0.29, 0.717) is 18.8 Å². The minimum absolute atomic E-state index is 0.0469. The van der Waals surface area contributed by atoms with Crippen molar-refractivity contribution in [1.29, 1.82) is 0 Å². The van der Waals surface area contributed by atoms with E-state index in [0.717, 1.165) is 18.5 Å². The molecule has 1 aliphatic carbocycles. The summed E-state index contributed by atoms with van der Waals surface area (Å²) in [5, 5.41) is 14.3. The average Bonchev–Trinajstić information content (AvgIpc) is 3.07. The van der Waals surface area contributed by atoms with Gasteiger partial charge in [0.05, 0.1) is 16.6 Å². The highest BCUT2D eigenvalue weighted by Crippen LogP contribution is 2.42. The van der Waals surface area contributed by atoms with Crippen LogP contribution in [-0.2, 0) is 16.0 Å². The van der Waals surface area contributed by atoms with Crippen LogP contribution in [0.3, 0.4) is 0 Å². The van der Waals surface area contributed by atoms with Gasteiger partial charge in [-0.05, 0) is 33.1 Å². The molecule has 23 heavy (non-hydrogen) atoms. The molecule has 0 aromatic carbocycles. The van der Waals surface area contributed by atoms with Crippen LogP contribution >= 0.6 is 11.3 Å². The molecule has 1 aromatic heterocycles. The Kier molecular flexibility index (Phi) is 5.29. The van der Waals surface area contributed by atoms with Crippen molar-refractivity contribution >= 4 is 23.4 Å². The van der Waals surface area contributed by atoms with Crippen LogP contribution in [0.4, 0.5) is 4.79 Å². The molecule has 0 bridgehead atoms. The van der Waals surface area contributed by atoms with Crippen molar-refractivity contribution < 1.29 is 19.4 Å². The number of rotatable bonds is 7. The summed E-state index contributed by atoms with van der Waals surface area (Å²) in [5.41, 5.74) is 0.803. The highest BCUT2D eigenvalue weighted by molar-refractivity contribution is 7.07. The third-order valence-corrected chi connectivity index (χ3v) is 4.44. The van der Waals surface area contributed by atoms with E-state index in [-0.39, 0.29) is 6.54 Å². The number of hydrogen-bond acceptors (Lipinski definition) is 5. The van der Waals surface area contributed by atoms with E-state index in [1.807, 2.05) is 5.38 Å². The number of amides is 1. The van der Waals surface area contributed by atoms with Crippen molar-refractivity contribution in [3.8, 4) is 0 Å². The minimum atomic E-state index is -1.04. The number of carboxylic acid groups (broad SMARTS) is 1. The number of ether oxygens (including phenoxy) is 1. The number of carboxylic acids is 1. The highest BCUT2D eigenvalue weighted by Gasteiger charge is 2.44. The highest BCUT2D eigenvalue weighted by atomic mass is 32.1. The Morgan fingerprint density at radius 1 is 1.43 bits per heavy atom. The Labute approximate surface area is 140 Å². The lowest BCUT2D eigenvalue weighted by Gasteiger charge is -2.30. The largest absolute Gasteiger partial charge is 0.481 e. The zero-order valence-corrected chi connectivity index (χ0v) is 14.6. The molecule has 1 aliphatic rings. The molecule has 0 radical (unpaired) electrons. The number of thiazole rings is 1. The number of nitrogens with one attached hydrogen (secondary N) is 1. The second-order valence-corrected chi connectivity index (χ2v) is 7.96. The van der Waals surface area contributed by atoms with Crippen LogP contribution in [-0.4, -0.2) is 34.3 Å². The van der Waals surface area contributed by atoms with Gasteiger partial charge in [-0.2, -0.15) is 0 Å². The monoisotopic (exact) mass is 340 g/mol. The molecule has 0 spiro atoms. The number of hydrogen-bond donors (Lipinski definition) is 2. The van der Waals surface area contributed by atoms with Gasteiger partial charge in [0.1, 0.15) is 5.60 Å². The van der Waals surface area contributed by atoms with Crippen LogP contribution in [0.5, 0.6) is 0 Å². The van der Waals surface area contributed by atoms with Gasteiger partial charge in [-0.1, -0.05) is 12.8 Å². The molecule has 6 nitrogen and oxygen atoms in total. The number of aliphatic carboxylic acids is 1. The van der Waals surface area contributed by atoms with E-state index in [4.69, 9.17) is 4.74 Å². The van der Waals surface area contributed by atoms with Crippen molar-refractivity contribution in [2.75, 3.05) is 6.54 Å². The van der Waals surface area contributed by atoms with Gasteiger partial charge >= 0.3 is 12.1 Å². The fourth-order valence-corrected chi connectivity index (χ4v) is 3.11. The van der Waals surface area contributed by atoms with Crippen LogP contribution in [0.2, 0.25) is 0 Å². The van der Waals surface area contributed by atoms with E-state index in [1.54, 1.807) is 26.3 Å². The summed E-state index contributed by atoms with van der Waals surface area (Å²) in [6.45, 7) is 5.37. The van der Waals surface area contributed by atoms with Gasteiger partial charge in [-0.25, -0.2) is 9.78 Å². The predicted octanol–water partition coefficient (Wildman–Crippen LogP) is 3.08. The van der Waals surface area contributed by atoms with Gasteiger partial charge in [-0.3, -0.25) is 4.79 Å². The molecule has 1 saturated carbocycles. The molecule has 0 saturated heterocycles. The second kappa shape index (κ2) is 6.86. The lowest BCUT2D eigenvalue weighted by molar-refractivity contribution is -0.149. The number of aromatic nitrogens is 1. The van der Waals surface area contributed by atoms with Gasteiger partial charge in [0.25, 0.3) is 0 Å². The van der Waals surface area contributed by atoms with E-state index in [9.17, 15) is 14.7 Å². The minimum Gasteiger partial charge on any atom is -0.481 e. The molecule has 1 atom stereocenters. The Balaban J connectivity index is 2.08. The molecular formula is C16H24N2O4S. The Hall–Kier alpha value is -1.63. The summed E-state index contributed by atoms with van der Waals surface area (Å²) in [6, 6.07) is 0. The Bertz CT molecular complexity index is 549. The zero-order chi connectivity index (χ0) is 17.1. The van der Waals surface area contributed by atoms with Crippen LogP contribution in [0, 0.1) is 11.3 Å². The van der Waals surface area contributed by atoms with Gasteiger partial charge in [0.15, 0.2) is 0 Å². The van der Waals surface area contributed by atoms with Crippen molar-refractivity contribution in [2.45, 2.75) is 52.1 Å². The van der Waals surface area contributed by atoms with Crippen molar-refractivity contribution in [3.63, 3.8) is 0 Å². The maximum Gasteiger partial charge on any atom is 0.407 e. The Morgan fingerprint density at radius 3 is 2.61 bits per heavy atom. The van der Waals surface area contributed by atoms with Crippen LogP contribution in [0.1, 0.15) is 45.7 Å². The molecule has 7 heteroatoms. The summed E-state index contributed by atoms with van der Waals surface area (Å²) in [4.78, 5) is 28.1. The van der Waals surface area contributed by atoms with Crippen LogP contribution < -0.4 is 5.32 Å². The maximum atomic E-state index is 12.0. The summed E-state index contributed by atoms with van der Waals surface area (Å²) in [5.74, 6) is -0.473. The first-order chi connectivity index (χ1) is 10.7. The van der Waals surface area contributed by atoms with Crippen molar-refractivity contribution in [1.82, 2.24) is 10.3 Å². The second-order valence-electron chi connectivity index (χ2n) is 7.24. The molecule has 1 unspecified atom stereocenters. The lowest BCUT2D eigenvalue weighted by Crippen LogP contribution is -2.46. The smallest absolute Gasteiger partial charge is 0.407 e. The maximum absolute atomic E-state index is 12.0. The third-order valence-electron chi connectivity index (χ3n) is 3.80. The average molecular weight is 340 g/mol. The molecule has 1 heterocycles. The first-order valence-electron chi connectivity index (χ1n) is 7.77. The van der Waals surface area contributed by atoms with E-state index in [2.05, 4.69) is 10.3 Å². The predicted molar refractivity (Wildman–Crippen MR) is 87.5 cm³/mol. The molecule has 1 amide bonds. The van der Waals surface area contributed by atoms with Gasteiger partial charge < -0.3 is 15.2 Å². The molecule has 1 aromatic rings. The van der Waals surface area contributed by atoms with Crippen LogP contribution in [0.25, 0.3) is 0 Å². The molecule has 2 rings (SSSR count). The SMILES string of the molecule is CC(C)(C)OC(=O)NCC(Cc1cscn1)(CC1CC1)C(=O)O. The van der Waals surface area contributed by atoms with Gasteiger partial charge in [0, 0.05) is 18.3 Å². The van der Waals surface area contributed by atoms with E-state index < -0.39 is 23.1 Å². The van der Waals surface area contributed by atoms with Crippen molar-refractivity contribution in [3.05, 3.63) is 16.6 Å². The van der Waals surface area contributed by atoms with Crippen LogP contribution in [0.15, 0.2) is 10.9 Å². The van der Waals surface area contributed by atoms with E-state index >= 15 is 0 Å². The van der Waals surface area contributed by atoms with Gasteiger partial charge in [0.2, 0.25) is 0 Å². The topological polar surface area (TPSA) is 88.5 Å². The first-order valence-corrected chi connectivity index (χ1v) is 8.72. The van der Waals surface area contributed by atoms with E-state index in [1.165, 1.54) is 11.3 Å². The van der Waals surface area contributed by atoms with Crippen molar-refractivity contribution in [2.24, 2.45) is 11.3 Å². The summed E-state index contributed by atoms with van der Waals surface area (Å²) >= 11 is 1.44. The first kappa shape index (κ1) is 17.7.